The summed E-state index contributed by atoms with van der Waals surface area (Å²) in [6.07, 6.45) is 22.6. The second-order valence-corrected chi connectivity index (χ2v) is 19.6. The van der Waals surface area contributed by atoms with Crippen LogP contribution in [0.3, 0.4) is 0 Å². The van der Waals surface area contributed by atoms with E-state index in [1.54, 1.807) is 12.1 Å². The Balaban J connectivity index is 1.63. The van der Waals surface area contributed by atoms with E-state index in [0.717, 1.165) is 88.2 Å². The zero-order chi connectivity index (χ0) is 35.6. The summed E-state index contributed by atoms with van der Waals surface area (Å²) in [7, 11) is -8.89. The number of benzene rings is 2. The van der Waals surface area contributed by atoms with Crippen molar-refractivity contribution in [3.05, 3.63) is 51.6 Å². The predicted octanol–water partition coefficient (Wildman–Crippen LogP) is 12.1. The third-order valence-electron chi connectivity index (χ3n) is 12.6. The minimum atomic E-state index is -4.55. The van der Waals surface area contributed by atoms with Crippen LogP contribution in [0.15, 0.2) is 28.0 Å². The summed E-state index contributed by atoms with van der Waals surface area (Å²) >= 11 is 0. The van der Waals surface area contributed by atoms with E-state index in [1.807, 2.05) is 27.7 Å². The van der Waals surface area contributed by atoms with Gasteiger partial charge in [0.2, 0.25) is 0 Å². The molecule has 0 heterocycles. The molecule has 1 N–H and O–H groups in total. The van der Waals surface area contributed by atoms with E-state index in [0.29, 0.717) is 27.9 Å². The quantitative estimate of drug-likeness (QED) is 0.193. The first-order valence-corrected chi connectivity index (χ1v) is 23.0. The van der Waals surface area contributed by atoms with Crippen molar-refractivity contribution in [1.29, 1.82) is 0 Å². The Kier molecular flexibility index (Phi) is 12.1. The standard InChI is InChI=1S/C42H62O6S2/c1-28(2)35-25-34(26-36(29(3)4)41(35)49(43,44)45)48-50(46,47)42-39(32-21-13-7-14-22-32)37(30-17-9-5-10-18-30)27-38(31-19-11-6-12-20-31)40(42)33-23-15-8-16-24-33/h25-33H,5-24H2,1-4H3,(H,43,44,45). The minimum Gasteiger partial charge on any atom is -0.379 e. The van der Waals surface area contributed by atoms with Crippen molar-refractivity contribution >= 4 is 20.2 Å². The molecule has 0 unspecified atom stereocenters. The van der Waals surface area contributed by atoms with Gasteiger partial charge < -0.3 is 4.18 Å². The van der Waals surface area contributed by atoms with Gasteiger partial charge in [0.1, 0.15) is 15.5 Å². The summed E-state index contributed by atoms with van der Waals surface area (Å²) in [6.45, 7) is 7.44. The van der Waals surface area contributed by atoms with Crippen molar-refractivity contribution in [2.24, 2.45) is 0 Å². The van der Waals surface area contributed by atoms with E-state index in [2.05, 4.69) is 6.07 Å². The summed E-state index contributed by atoms with van der Waals surface area (Å²) in [5.41, 5.74) is 5.49. The summed E-state index contributed by atoms with van der Waals surface area (Å²) < 4.78 is 73.0. The minimum absolute atomic E-state index is 0.128. The Morgan fingerprint density at radius 2 is 0.860 bits per heavy atom. The van der Waals surface area contributed by atoms with Gasteiger partial charge in [0.05, 0.1) is 0 Å². The molecule has 278 valence electrons. The molecule has 4 aliphatic carbocycles. The lowest BCUT2D eigenvalue weighted by atomic mass is 9.70. The Morgan fingerprint density at radius 3 is 1.18 bits per heavy atom. The molecule has 8 heteroatoms. The lowest BCUT2D eigenvalue weighted by Gasteiger charge is -2.37. The van der Waals surface area contributed by atoms with E-state index in [1.165, 1.54) is 62.5 Å². The molecule has 50 heavy (non-hydrogen) atoms. The van der Waals surface area contributed by atoms with Crippen LogP contribution in [-0.2, 0) is 20.2 Å². The Bertz CT molecular complexity index is 1610. The molecule has 0 spiro atoms. The van der Waals surface area contributed by atoms with Crippen LogP contribution in [0.5, 0.6) is 5.75 Å². The molecule has 0 aromatic heterocycles. The smallest absolute Gasteiger partial charge is 0.339 e. The van der Waals surface area contributed by atoms with Crippen LogP contribution >= 0.6 is 0 Å². The molecule has 6 rings (SSSR count). The normalized spacial score (nSPS) is 21.3. The van der Waals surface area contributed by atoms with Gasteiger partial charge in [0, 0.05) is 0 Å². The van der Waals surface area contributed by atoms with Crippen LogP contribution in [0.4, 0.5) is 0 Å². The molecule has 4 aliphatic rings. The van der Waals surface area contributed by atoms with E-state index in [-0.39, 0.29) is 34.3 Å². The van der Waals surface area contributed by atoms with Crippen molar-refractivity contribution in [2.75, 3.05) is 0 Å². The summed E-state index contributed by atoms with van der Waals surface area (Å²) in [5.74, 6) is 0.694. The van der Waals surface area contributed by atoms with E-state index < -0.39 is 20.2 Å². The molecule has 2 aromatic carbocycles. The molecule has 0 aliphatic heterocycles. The SMILES string of the molecule is CC(C)c1cc(OS(=O)(=O)c2c(C3CCCCC3)c(C3CCCCC3)cc(C3CCCCC3)c2C2CCCCC2)cc(C(C)C)c1S(=O)(=O)O. The first-order chi connectivity index (χ1) is 23.9. The molecule has 0 amide bonds. The van der Waals surface area contributed by atoms with Gasteiger partial charge in [-0.15, -0.1) is 0 Å². The highest BCUT2D eigenvalue weighted by molar-refractivity contribution is 7.87. The number of hydrogen-bond donors (Lipinski definition) is 1. The number of rotatable bonds is 10. The second kappa shape index (κ2) is 16.0. The largest absolute Gasteiger partial charge is 0.379 e. The summed E-state index contributed by atoms with van der Waals surface area (Å²) in [6, 6.07) is 5.64. The summed E-state index contributed by atoms with van der Waals surface area (Å²) in [4.78, 5) is 0.355. The van der Waals surface area contributed by atoms with Crippen molar-refractivity contribution < 1.29 is 25.6 Å². The van der Waals surface area contributed by atoms with Gasteiger partial charge in [-0.1, -0.05) is 111 Å². The fourth-order valence-corrected chi connectivity index (χ4v) is 12.9. The van der Waals surface area contributed by atoms with Crippen molar-refractivity contribution in [1.82, 2.24) is 0 Å². The van der Waals surface area contributed by atoms with E-state index >= 15 is 8.42 Å². The Hall–Kier alpha value is -1.90. The first kappa shape index (κ1) is 37.8. The summed E-state index contributed by atoms with van der Waals surface area (Å²) in [5, 5.41) is 0. The van der Waals surface area contributed by atoms with Crippen LogP contribution in [0.2, 0.25) is 0 Å². The Labute approximate surface area is 303 Å². The van der Waals surface area contributed by atoms with Gasteiger partial charge in [0.15, 0.2) is 0 Å². The third kappa shape index (κ3) is 8.17. The second-order valence-electron chi connectivity index (χ2n) is 16.8. The van der Waals surface area contributed by atoms with Crippen LogP contribution in [0.1, 0.15) is 225 Å². The zero-order valence-corrected chi connectivity index (χ0v) is 32.8. The molecule has 4 fully saturated rings. The fourth-order valence-electron chi connectivity index (χ4n) is 10.1. The first-order valence-electron chi connectivity index (χ1n) is 20.2. The Morgan fingerprint density at radius 1 is 0.520 bits per heavy atom. The maximum absolute atomic E-state index is 15.5. The monoisotopic (exact) mass is 726 g/mol. The molecule has 0 atom stereocenters. The topological polar surface area (TPSA) is 97.7 Å². The molecule has 0 saturated heterocycles. The molecular weight excluding hydrogens is 665 g/mol. The molecule has 0 radical (unpaired) electrons. The van der Waals surface area contributed by atoms with Crippen LogP contribution in [0.25, 0.3) is 0 Å². The zero-order valence-electron chi connectivity index (χ0n) is 31.1. The van der Waals surface area contributed by atoms with Gasteiger partial charge in [-0.05, 0) is 132 Å². The van der Waals surface area contributed by atoms with Crippen LogP contribution in [0, 0.1) is 0 Å². The van der Waals surface area contributed by atoms with Crippen LogP contribution < -0.4 is 4.18 Å². The molecule has 2 aromatic rings. The highest BCUT2D eigenvalue weighted by Crippen LogP contribution is 2.52. The third-order valence-corrected chi connectivity index (χ3v) is 15.0. The van der Waals surface area contributed by atoms with E-state index in [4.69, 9.17) is 4.18 Å². The van der Waals surface area contributed by atoms with Gasteiger partial charge in [-0.3, -0.25) is 4.55 Å². The predicted molar refractivity (Wildman–Crippen MR) is 202 cm³/mol. The van der Waals surface area contributed by atoms with Crippen molar-refractivity contribution in [3.8, 4) is 5.75 Å². The maximum atomic E-state index is 15.5. The van der Waals surface area contributed by atoms with Gasteiger partial charge in [0.25, 0.3) is 10.1 Å². The maximum Gasteiger partial charge on any atom is 0.339 e. The molecule has 6 nitrogen and oxygen atoms in total. The average Bonchev–Trinajstić information content (AvgIpc) is 3.11. The van der Waals surface area contributed by atoms with Crippen LogP contribution in [-0.4, -0.2) is 21.4 Å². The molecule has 0 bridgehead atoms. The lowest BCUT2D eigenvalue weighted by molar-refractivity contribution is 0.394. The van der Waals surface area contributed by atoms with Gasteiger partial charge in [-0.25, -0.2) is 0 Å². The highest BCUT2D eigenvalue weighted by atomic mass is 32.2. The number of hydrogen-bond acceptors (Lipinski definition) is 5. The van der Waals surface area contributed by atoms with Crippen molar-refractivity contribution in [3.63, 3.8) is 0 Å². The van der Waals surface area contributed by atoms with Crippen molar-refractivity contribution in [2.45, 2.75) is 201 Å². The lowest BCUT2D eigenvalue weighted by Crippen LogP contribution is -2.25. The molecule has 4 saturated carbocycles. The molecular formula is C42H62O6S2. The van der Waals surface area contributed by atoms with Gasteiger partial charge in [-0.2, -0.15) is 16.8 Å². The van der Waals surface area contributed by atoms with E-state index in [9.17, 15) is 13.0 Å². The average molecular weight is 727 g/mol. The fraction of sp³-hybridized carbons (Fsp3) is 0.714. The van der Waals surface area contributed by atoms with Gasteiger partial charge >= 0.3 is 10.1 Å². The highest BCUT2D eigenvalue weighted by Gasteiger charge is 2.40.